The molecule has 3 aromatic carbocycles. The number of rotatable bonds is 6. The highest BCUT2D eigenvalue weighted by Gasteiger charge is 2.51. The molecule has 1 fully saturated rings. The van der Waals surface area contributed by atoms with Crippen LogP contribution in [0.15, 0.2) is 83.3 Å². The van der Waals surface area contributed by atoms with Gasteiger partial charge >= 0.3 is 0 Å². The molecule has 1 unspecified atom stereocenters. The van der Waals surface area contributed by atoms with E-state index in [-0.39, 0.29) is 12.2 Å². The molecule has 1 saturated heterocycles. The highest BCUT2D eigenvalue weighted by Crippen LogP contribution is 2.43. The number of carbonyl (C=O) groups excluding carboxylic acids is 2. The molecule has 5 rings (SSSR count). The quantitative estimate of drug-likeness (QED) is 0.498. The lowest BCUT2D eigenvalue weighted by Gasteiger charge is -2.38. The summed E-state index contributed by atoms with van der Waals surface area (Å²) in [6.45, 7) is 3.71. The fraction of sp³-hybridized carbons (Fsp3) is 0.259. The second kappa shape index (κ2) is 9.33. The summed E-state index contributed by atoms with van der Waals surface area (Å²) in [5.74, 6) is -0.707. The van der Waals surface area contributed by atoms with Crippen LogP contribution in [-0.4, -0.2) is 54.5 Å². The van der Waals surface area contributed by atoms with E-state index in [1.807, 2.05) is 30.3 Å². The highest BCUT2D eigenvalue weighted by molar-refractivity contribution is 9.10. The lowest BCUT2D eigenvalue weighted by atomic mass is 9.88. The number of anilines is 2. The zero-order valence-electron chi connectivity index (χ0n) is 18.7. The Morgan fingerprint density at radius 3 is 2.24 bits per heavy atom. The SMILES string of the molecule is O=C(CC1(O)C(=O)N(CN2CCN(c3ccccc3)CC2)c2ccccc21)c1ccc(Br)cc1. The van der Waals surface area contributed by atoms with E-state index in [2.05, 4.69) is 37.9 Å². The minimum absolute atomic E-state index is 0.267. The summed E-state index contributed by atoms with van der Waals surface area (Å²) in [6.07, 6.45) is -0.289. The second-order valence-corrected chi connectivity index (χ2v) is 9.72. The molecular formula is C27H26BrN3O3. The van der Waals surface area contributed by atoms with Crippen LogP contribution in [0.1, 0.15) is 22.3 Å². The molecule has 174 valence electrons. The summed E-state index contributed by atoms with van der Waals surface area (Å²) < 4.78 is 0.864. The van der Waals surface area contributed by atoms with Gasteiger partial charge in [-0.05, 0) is 30.3 Å². The van der Waals surface area contributed by atoms with Crippen LogP contribution < -0.4 is 9.80 Å². The van der Waals surface area contributed by atoms with E-state index in [1.54, 1.807) is 41.3 Å². The largest absolute Gasteiger partial charge is 0.375 e. The van der Waals surface area contributed by atoms with E-state index in [9.17, 15) is 14.7 Å². The lowest BCUT2D eigenvalue weighted by Crippen LogP contribution is -2.52. The van der Waals surface area contributed by atoms with E-state index in [1.165, 1.54) is 5.69 Å². The average molecular weight is 520 g/mol. The number of halogens is 1. The van der Waals surface area contributed by atoms with E-state index >= 15 is 0 Å². The first-order valence-electron chi connectivity index (χ1n) is 11.4. The second-order valence-electron chi connectivity index (χ2n) is 8.80. The van der Waals surface area contributed by atoms with Crippen LogP contribution in [0.5, 0.6) is 0 Å². The minimum Gasteiger partial charge on any atom is -0.375 e. The number of fused-ring (bicyclic) bond motifs is 1. The zero-order valence-corrected chi connectivity index (χ0v) is 20.3. The van der Waals surface area contributed by atoms with Crippen molar-refractivity contribution in [1.82, 2.24) is 4.90 Å². The topological polar surface area (TPSA) is 64.1 Å². The number of nitrogens with zero attached hydrogens (tertiary/aromatic N) is 3. The molecule has 1 atom stereocenters. The van der Waals surface area contributed by atoms with Gasteiger partial charge in [-0.3, -0.25) is 19.4 Å². The maximum atomic E-state index is 13.5. The van der Waals surface area contributed by atoms with Crippen molar-refractivity contribution in [2.75, 3.05) is 42.6 Å². The molecular weight excluding hydrogens is 494 g/mol. The average Bonchev–Trinajstić information content (AvgIpc) is 3.07. The van der Waals surface area contributed by atoms with Gasteiger partial charge in [0.15, 0.2) is 11.4 Å². The van der Waals surface area contributed by atoms with Crippen LogP contribution in [0.2, 0.25) is 0 Å². The van der Waals surface area contributed by atoms with Crippen LogP contribution in [0.4, 0.5) is 11.4 Å². The Hall–Kier alpha value is -3.00. The van der Waals surface area contributed by atoms with Crippen LogP contribution in [0, 0.1) is 0 Å². The highest BCUT2D eigenvalue weighted by atomic mass is 79.9. The van der Waals surface area contributed by atoms with Gasteiger partial charge in [-0.25, -0.2) is 0 Å². The first kappa shape index (κ1) is 22.8. The standard InChI is InChI=1S/C27H26BrN3O3/c28-21-12-10-20(11-13-21)25(32)18-27(34)23-8-4-5-9-24(23)31(26(27)33)19-29-14-16-30(17-15-29)22-6-2-1-3-7-22/h1-13,34H,14-19H2. The molecule has 0 radical (unpaired) electrons. The van der Waals surface area contributed by atoms with E-state index in [0.717, 1.165) is 30.7 Å². The summed E-state index contributed by atoms with van der Waals surface area (Å²) in [5, 5.41) is 11.5. The van der Waals surface area contributed by atoms with Gasteiger partial charge in [0.25, 0.3) is 5.91 Å². The Morgan fingerprint density at radius 1 is 0.882 bits per heavy atom. The number of Topliss-reactive ketones (excluding diaryl/α,β-unsaturated/α-hetero) is 1. The first-order valence-corrected chi connectivity index (χ1v) is 12.2. The third-order valence-corrected chi connectivity index (χ3v) is 7.19. The number of piperazine rings is 1. The van der Waals surface area contributed by atoms with Crippen molar-refractivity contribution in [1.29, 1.82) is 0 Å². The van der Waals surface area contributed by atoms with Crippen LogP contribution >= 0.6 is 15.9 Å². The Labute approximate surface area is 207 Å². The fourth-order valence-corrected chi connectivity index (χ4v) is 5.04. The Bertz CT molecular complexity index is 1190. The Morgan fingerprint density at radius 2 is 1.53 bits per heavy atom. The normalized spacial score (nSPS) is 20.5. The van der Waals surface area contributed by atoms with E-state index in [4.69, 9.17) is 0 Å². The van der Waals surface area contributed by atoms with Gasteiger partial charge < -0.3 is 10.0 Å². The molecule has 1 amide bonds. The summed E-state index contributed by atoms with van der Waals surface area (Å²) >= 11 is 3.37. The zero-order chi connectivity index (χ0) is 23.7. The molecule has 2 aliphatic rings. The molecule has 2 heterocycles. The number of hydrogen-bond acceptors (Lipinski definition) is 5. The van der Waals surface area contributed by atoms with Crippen molar-refractivity contribution in [3.8, 4) is 0 Å². The number of ketones is 1. The number of benzene rings is 3. The minimum atomic E-state index is -1.87. The Kier molecular flexibility index (Phi) is 6.25. The van der Waals surface area contributed by atoms with Gasteiger partial charge in [-0.1, -0.05) is 64.5 Å². The molecule has 1 N–H and O–H groups in total. The van der Waals surface area contributed by atoms with Gasteiger partial charge in [-0.2, -0.15) is 0 Å². The number of aliphatic hydroxyl groups is 1. The molecule has 0 saturated carbocycles. The Balaban J connectivity index is 1.32. The number of hydrogen-bond donors (Lipinski definition) is 1. The van der Waals surface area contributed by atoms with Crippen molar-refractivity contribution in [3.05, 3.63) is 94.5 Å². The molecule has 0 aromatic heterocycles. The van der Waals surface area contributed by atoms with Crippen LogP contribution in [0.25, 0.3) is 0 Å². The first-order chi connectivity index (χ1) is 16.5. The molecule has 0 spiro atoms. The van der Waals surface area contributed by atoms with Gasteiger partial charge in [0.1, 0.15) is 0 Å². The monoisotopic (exact) mass is 519 g/mol. The lowest BCUT2D eigenvalue weighted by molar-refractivity contribution is -0.136. The van der Waals surface area contributed by atoms with Crippen molar-refractivity contribution >= 4 is 39.0 Å². The molecule has 3 aromatic rings. The molecule has 0 bridgehead atoms. The van der Waals surface area contributed by atoms with E-state index < -0.39 is 11.5 Å². The maximum Gasteiger partial charge on any atom is 0.265 e. The van der Waals surface area contributed by atoms with Crippen molar-refractivity contribution in [2.24, 2.45) is 0 Å². The third-order valence-electron chi connectivity index (χ3n) is 6.66. The van der Waals surface area contributed by atoms with Gasteiger partial charge in [0.05, 0.1) is 18.8 Å². The van der Waals surface area contributed by atoms with Crippen molar-refractivity contribution in [3.63, 3.8) is 0 Å². The molecule has 34 heavy (non-hydrogen) atoms. The predicted octanol–water partition coefficient (Wildman–Crippen LogP) is 4.04. The maximum absolute atomic E-state index is 13.5. The molecule has 6 nitrogen and oxygen atoms in total. The van der Waals surface area contributed by atoms with Crippen molar-refractivity contribution < 1.29 is 14.7 Å². The number of carbonyl (C=O) groups is 2. The van der Waals surface area contributed by atoms with Gasteiger partial charge in [0.2, 0.25) is 0 Å². The molecule has 0 aliphatic carbocycles. The summed E-state index contributed by atoms with van der Waals surface area (Å²) in [7, 11) is 0. The van der Waals surface area contributed by atoms with Gasteiger partial charge in [-0.15, -0.1) is 0 Å². The van der Waals surface area contributed by atoms with Gasteiger partial charge in [0, 0.05) is 47.5 Å². The molecule has 2 aliphatic heterocycles. The summed E-state index contributed by atoms with van der Waals surface area (Å²) in [6, 6.07) is 24.5. The number of amides is 1. The fourth-order valence-electron chi connectivity index (χ4n) is 4.77. The third kappa shape index (κ3) is 4.27. The van der Waals surface area contributed by atoms with Crippen LogP contribution in [0.3, 0.4) is 0 Å². The van der Waals surface area contributed by atoms with Crippen molar-refractivity contribution in [2.45, 2.75) is 12.0 Å². The van der Waals surface area contributed by atoms with Crippen LogP contribution in [-0.2, 0) is 10.4 Å². The van der Waals surface area contributed by atoms with E-state index in [0.29, 0.717) is 23.5 Å². The predicted molar refractivity (Wildman–Crippen MR) is 136 cm³/mol. The smallest absolute Gasteiger partial charge is 0.265 e. The number of para-hydroxylation sites is 2. The summed E-state index contributed by atoms with van der Waals surface area (Å²) in [4.78, 5) is 32.7. The molecule has 7 heteroatoms. The summed E-state index contributed by atoms with van der Waals surface area (Å²) in [5.41, 5.74) is 0.965.